The van der Waals surface area contributed by atoms with Gasteiger partial charge in [-0.25, -0.2) is 4.79 Å². The lowest BCUT2D eigenvalue weighted by Gasteiger charge is -2.09. The standard InChI is InChI=1S/C14H14N2O2/c1-10-3-2-4-12(15)13(10)14(17)18-9-11-5-7-16-8-6-11/h2-8H,9,15H2,1H3. The van der Waals surface area contributed by atoms with Gasteiger partial charge in [0.1, 0.15) is 6.61 Å². The average Bonchev–Trinajstić information content (AvgIpc) is 2.37. The van der Waals surface area contributed by atoms with E-state index in [0.717, 1.165) is 11.1 Å². The molecule has 2 aromatic rings. The summed E-state index contributed by atoms with van der Waals surface area (Å²) >= 11 is 0. The zero-order valence-corrected chi connectivity index (χ0v) is 10.1. The van der Waals surface area contributed by atoms with E-state index in [1.165, 1.54) is 0 Å². The van der Waals surface area contributed by atoms with Crippen LogP contribution in [-0.2, 0) is 11.3 Å². The molecule has 2 N–H and O–H groups in total. The Hall–Kier alpha value is -2.36. The minimum atomic E-state index is -0.401. The minimum Gasteiger partial charge on any atom is -0.457 e. The molecule has 0 unspecified atom stereocenters. The Morgan fingerprint density at radius 1 is 1.28 bits per heavy atom. The molecule has 0 radical (unpaired) electrons. The van der Waals surface area contributed by atoms with Gasteiger partial charge >= 0.3 is 5.97 Å². The summed E-state index contributed by atoms with van der Waals surface area (Å²) in [5.74, 6) is -0.401. The van der Waals surface area contributed by atoms with Crippen molar-refractivity contribution in [1.29, 1.82) is 0 Å². The van der Waals surface area contributed by atoms with Gasteiger partial charge in [0.05, 0.1) is 5.56 Å². The molecule has 0 amide bonds. The lowest BCUT2D eigenvalue weighted by Crippen LogP contribution is -2.10. The Bertz CT molecular complexity index is 533. The number of nitrogens with zero attached hydrogens (tertiary/aromatic N) is 1. The highest BCUT2D eigenvalue weighted by Gasteiger charge is 2.13. The van der Waals surface area contributed by atoms with E-state index in [4.69, 9.17) is 10.5 Å². The summed E-state index contributed by atoms with van der Waals surface area (Å²) in [4.78, 5) is 15.8. The molecule has 4 heteroatoms. The number of carbonyl (C=O) groups is 1. The van der Waals surface area contributed by atoms with E-state index in [0.29, 0.717) is 11.3 Å². The Morgan fingerprint density at radius 2 is 2.00 bits per heavy atom. The Balaban J connectivity index is 2.09. The SMILES string of the molecule is Cc1cccc(N)c1C(=O)OCc1ccncc1. The van der Waals surface area contributed by atoms with E-state index >= 15 is 0 Å². The summed E-state index contributed by atoms with van der Waals surface area (Å²) in [6, 6.07) is 8.93. The Morgan fingerprint density at radius 3 is 2.67 bits per heavy atom. The van der Waals surface area contributed by atoms with Gasteiger partial charge in [0.15, 0.2) is 0 Å². The Labute approximate surface area is 105 Å². The number of anilines is 1. The zero-order valence-electron chi connectivity index (χ0n) is 10.1. The van der Waals surface area contributed by atoms with Crippen LogP contribution in [0, 0.1) is 6.92 Å². The number of carbonyl (C=O) groups excluding carboxylic acids is 1. The average molecular weight is 242 g/mol. The molecule has 92 valence electrons. The number of nitrogen functional groups attached to an aromatic ring is 1. The van der Waals surface area contributed by atoms with Crippen molar-refractivity contribution in [3.8, 4) is 0 Å². The molecule has 0 saturated carbocycles. The molecule has 0 fully saturated rings. The molecule has 0 bridgehead atoms. The largest absolute Gasteiger partial charge is 0.457 e. The Kier molecular flexibility index (Phi) is 3.57. The number of nitrogens with two attached hydrogens (primary N) is 1. The maximum Gasteiger partial charge on any atom is 0.340 e. The van der Waals surface area contributed by atoms with Crippen molar-refractivity contribution in [2.75, 3.05) is 5.73 Å². The van der Waals surface area contributed by atoms with Crippen molar-refractivity contribution in [3.05, 3.63) is 59.4 Å². The van der Waals surface area contributed by atoms with E-state index in [1.54, 1.807) is 30.6 Å². The highest BCUT2D eigenvalue weighted by molar-refractivity contribution is 5.96. The molecule has 1 heterocycles. The summed E-state index contributed by atoms with van der Waals surface area (Å²) < 4.78 is 5.23. The predicted molar refractivity (Wildman–Crippen MR) is 68.9 cm³/mol. The summed E-state index contributed by atoms with van der Waals surface area (Å²) in [6.45, 7) is 2.05. The highest BCUT2D eigenvalue weighted by atomic mass is 16.5. The first-order valence-corrected chi connectivity index (χ1v) is 5.59. The van der Waals surface area contributed by atoms with Crippen molar-refractivity contribution in [3.63, 3.8) is 0 Å². The van der Waals surface area contributed by atoms with Crippen LogP contribution in [0.1, 0.15) is 21.5 Å². The lowest BCUT2D eigenvalue weighted by atomic mass is 10.1. The molecule has 0 aliphatic rings. The van der Waals surface area contributed by atoms with Crippen LogP contribution in [0.5, 0.6) is 0 Å². The molecule has 0 aliphatic carbocycles. The fourth-order valence-corrected chi connectivity index (χ4v) is 1.67. The summed E-state index contributed by atoms with van der Waals surface area (Å²) in [5, 5.41) is 0. The van der Waals surface area contributed by atoms with Gasteiger partial charge in [0.2, 0.25) is 0 Å². The fraction of sp³-hybridized carbons (Fsp3) is 0.143. The number of ether oxygens (including phenoxy) is 1. The van der Waals surface area contributed by atoms with Crippen molar-refractivity contribution in [2.45, 2.75) is 13.5 Å². The van der Waals surface area contributed by atoms with Crippen LogP contribution in [-0.4, -0.2) is 11.0 Å². The number of esters is 1. The predicted octanol–water partition coefficient (Wildman–Crippen LogP) is 2.33. The van der Waals surface area contributed by atoms with Crippen molar-refractivity contribution in [2.24, 2.45) is 0 Å². The number of hydrogen-bond donors (Lipinski definition) is 1. The topological polar surface area (TPSA) is 65.2 Å². The molecule has 1 aromatic carbocycles. The third-order valence-corrected chi connectivity index (χ3v) is 2.63. The van der Waals surface area contributed by atoms with Gasteiger partial charge in [-0.2, -0.15) is 0 Å². The smallest absolute Gasteiger partial charge is 0.340 e. The van der Waals surface area contributed by atoms with Crippen LogP contribution < -0.4 is 5.73 Å². The first kappa shape index (κ1) is 12.1. The van der Waals surface area contributed by atoms with E-state index < -0.39 is 5.97 Å². The van der Waals surface area contributed by atoms with Crippen molar-refractivity contribution < 1.29 is 9.53 Å². The van der Waals surface area contributed by atoms with E-state index in [-0.39, 0.29) is 6.61 Å². The van der Waals surface area contributed by atoms with Gasteiger partial charge in [-0.15, -0.1) is 0 Å². The van der Waals surface area contributed by atoms with Crippen LogP contribution in [0.25, 0.3) is 0 Å². The lowest BCUT2D eigenvalue weighted by molar-refractivity contribution is 0.0473. The zero-order chi connectivity index (χ0) is 13.0. The molecule has 18 heavy (non-hydrogen) atoms. The van der Waals surface area contributed by atoms with E-state index in [2.05, 4.69) is 4.98 Å². The van der Waals surface area contributed by atoms with Crippen LogP contribution in [0.15, 0.2) is 42.7 Å². The molecule has 0 aliphatic heterocycles. The molecule has 4 nitrogen and oxygen atoms in total. The quantitative estimate of drug-likeness (QED) is 0.662. The number of benzene rings is 1. The normalized spacial score (nSPS) is 10.1. The molecule has 0 atom stereocenters. The van der Waals surface area contributed by atoms with Gasteiger partial charge in [-0.05, 0) is 36.2 Å². The minimum absolute atomic E-state index is 0.217. The number of pyridine rings is 1. The summed E-state index contributed by atoms with van der Waals surface area (Å²) in [7, 11) is 0. The van der Waals surface area contributed by atoms with Gasteiger partial charge in [0.25, 0.3) is 0 Å². The van der Waals surface area contributed by atoms with Gasteiger partial charge < -0.3 is 10.5 Å². The van der Waals surface area contributed by atoms with Crippen LogP contribution in [0.2, 0.25) is 0 Å². The third-order valence-electron chi connectivity index (χ3n) is 2.63. The third kappa shape index (κ3) is 2.66. The van der Waals surface area contributed by atoms with Crippen LogP contribution in [0.4, 0.5) is 5.69 Å². The molecular weight excluding hydrogens is 228 g/mol. The van der Waals surface area contributed by atoms with Gasteiger partial charge in [-0.3, -0.25) is 4.98 Å². The van der Waals surface area contributed by atoms with Gasteiger partial charge in [-0.1, -0.05) is 12.1 Å². The second-order valence-corrected chi connectivity index (χ2v) is 3.97. The van der Waals surface area contributed by atoms with Crippen LogP contribution in [0.3, 0.4) is 0 Å². The molecule has 1 aromatic heterocycles. The monoisotopic (exact) mass is 242 g/mol. The number of aromatic nitrogens is 1. The number of aryl methyl sites for hydroxylation is 1. The molecule has 2 rings (SSSR count). The molecular formula is C14H14N2O2. The molecule has 0 spiro atoms. The second kappa shape index (κ2) is 5.31. The summed E-state index contributed by atoms with van der Waals surface area (Å²) in [5.41, 5.74) is 8.37. The maximum atomic E-state index is 11.9. The van der Waals surface area contributed by atoms with Crippen molar-refractivity contribution >= 4 is 11.7 Å². The van der Waals surface area contributed by atoms with Gasteiger partial charge in [0, 0.05) is 18.1 Å². The highest BCUT2D eigenvalue weighted by Crippen LogP contribution is 2.17. The van der Waals surface area contributed by atoms with E-state index in [9.17, 15) is 4.79 Å². The van der Waals surface area contributed by atoms with E-state index in [1.807, 2.05) is 19.1 Å². The fourth-order valence-electron chi connectivity index (χ4n) is 1.67. The second-order valence-electron chi connectivity index (χ2n) is 3.97. The number of hydrogen-bond acceptors (Lipinski definition) is 4. The van der Waals surface area contributed by atoms with Crippen LogP contribution >= 0.6 is 0 Å². The first-order valence-electron chi connectivity index (χ1n) is 5.59. The summed E-state index contributed by atoms with van der Waals surface area (Å²) in [6.07, 6.45) is 3.32. The maximum absolute atomic E-state index is 11.9. The first-order chi connectivity index (χ1) is 8.68. The van der Waals surface area contributed by atoms with Crippen molar-refractivity contribution in [1.82, 2.24) is 4.98 Å². The number of rotatable bonds is 3. The molecule has 0 saturated heterocycles.